The number of benzene rings is 1. The lowest BCUT2D eigenvalue weighted by Crippen LogP contribution is -2.34. The van der Waals surface area contributed by atoms with E-state index in [2.05, 4.69) is 5.32 Å². The summed E-state index contributed by atoms with van der Waals surface area (Å²) in [5, 5.41) is 2.85. The molecule has 1 unspecified atom stereocenters. The highest BCUT2D eigenvalue weighted by molar-refractivity contribution is 7.89. The van der Waals surface area contributed by atoms with Crippen molar-refractivity contribution in [3.05, 3.63) is 35.9 Å². The fourth-order valence-corrected chi connectivity index (χ4v) is 2.91. The summed E-state index contributed by atoms with van der Waals surface area (Å²) in [5.74, 6) is 0.122. The Morgan fingerprint density at radius 1 is 1.29 bits per heavy atom. The maximum absolute atomic E-state index is 12.0. The summed E-state index contributed by atoms with van der Waals surface area (Å²) in [5.41, 5.74) is 1.00. The topological polar surface area (TPSA) is 49.4 Å². The van der Waals surface area contributed by atoms with Gasteiger partial charge in [0.05, 0.1) is 5.75 Å². The van der Waals surface area contributed by atoms with Crippen LogP contribution in [0.15, 0.2) is 30.3 Å². The van der Waals surface area contributed by atoms with Gasteiger partial charge in [0.25, 0.3) is 0 Å². The third-order valence-electron chi connectivity index (χ3n) is 2.88. The van der Waals surface area contributed by atoms with Crippen molar-refractivity contribution in [1.29, 1.82) is 0 Å². The van der Waals surface area contributed by atoms with Crippen molar-refractivity contribution in [2.24, 2.45) is 0 Å². The number of sulfonamides is 1. The summed E-state index contributed by atoms with van der Waals surface area (Å²) < 4.78 is 25.4. The van der Waals surface area contributed by atoms with Crippen LogP contribution in [0.2, 0.25) is 0 Å². The lowest BCUT2D eigenvalue weighted by atomic mass is 10.1. The van der Waals surface area contributed by atoms with Crippen LogP contribution in [0, 0.1) is 0 Å². The summed E-state index contributed by atoms with van der Waals surface area (Å²) in [4.78, 5) is 0. The summed E-state index contributed by atoms with van der Waals surface area (Å²) in [6.07, 6.45) is 0. The second-order valence-electron chi connectivity index (χ2n) is 4.02. The van der Waals surface area contributed by atoms with E-state index in [4.69, 9.17) is 0 Å². The third kappa shape index (κ3) is 3.80. The molecule has 0 saturated carbocycles. The molecular formula is C12H20N2O2S. The Balaban J connectivity index is 2.79. The van der Waals surface area contributed by atoms with Gasteiger partial charge in [-0.1, -0.05) is 30.3 Å². The van der Waals surface area contributed by atoms with Gasteiger partial charge in [-0.05, 0) is 19.5 Å². The van der Waals surface area contributed by atoms with Gasteiger partial charge in [-0.3, -0.25) is 0 Å². The molecule has 0 radical (unpaired) electrons. The Morgan fingerprint density at radius 3 is 2.41 bits per heavy atom. The Bertz CT molecular complexity index is 431. The Hall–Kier alpha value is -0.910. The van der Waals surface area contributed by atoms with Gasteiger partial charge in [0.2, 0.25) is 10.0 Å². The van der Waals surface area contributed by atoms with Crippen LogP contribution in [0.1, 0.15) is 18.5 Å². The predicted octanol–water partition coefficient (Wildman–Crippen LogP) is 1.23. The molecule has 1 aromatic rings. The van der Waals surface area contributed by atoms with Gasteiger partial charge in [-0.15, -0.1) is 0 Å². The van der Waals surface area contributed by atoms with Crippen LogP contribution < -0.4 is 5.32 Å². The van der Waals surface area contributed by atoms with Gasteiger partial charge in [-0.2, -0.15) is 4.31 Å². The fraction of sp³-hybridized carbons (Fsp3) is 0.500. The third-order valence-corrected chi connectivity index (χ3v) is 4.79. The van der Waals surface area contributed by atoms with Crippen molar-refractivity contribution in [2.45, 2.75) is 13.0 Å². The van der Waals surface area contributed by atoms with Crippen LogP contribution in [-0.2, 0) is 10.0 Å². The summed E-state index contributed by atoms with van der Waals surface area (Å²) >= 11 is 0. The normalized spacial score (nSPS) is 13.9. The van der Waals surface area contributed by atoms with Crippen molar-refractivity contribution >= 4 is 10.0 Å². The van der Waals surface area contributed by atoms with E-state index >= 15 is 0 Å². The molecule has 1 atom stereocenters. The summed E-state index contributed by atoms with van der Waals surface area (Å²) in [7, 11) is 0.175. The number of rotatable bonds is 6. The van der Waals surface area contributed by atoms with Crippen LogP contribution in [0.3, 0.4) is 0 Å². The average molecular weight is 256 g/mol. The van der Waals surface area contributed by atoms with E-state index in [1.165, 1.54) is 4.31 Å². The molecule has 1 N–H and O–H groups in total. The monoisotopic (exact) mass is 256 g/mol. The molecule has 96 valence electrons. The first kappa shape index (κ1) is 14.2. The highest BCUT2D eigenvalue weighted by Crippen LogP contribution is 2.20. The lowest BCUT2D eigenvalue weighted by Gasteiger charge is -2.24. The Morgan fingerprint density at radius 2 is 1.88 bits per heavy atom. The maximum Gasteiger partial charge on any atom is 0.215 e. The molecule has 0 heterocycles. The SMILES string of the molecule is CNCCS(=O)(=O)N(C)C(C)c1ccccc1. The zero-order valence-electron chi connectivity index (χ0n) is 10.6. The zero-order chi connectivity index (χ0) is 12.9. The van der Waals surface area contributed by atoms with Crippen molar-refractivity contribution in [3.63, 3.8) is 0 Å². The van der Waals surface area contributed by atoms with Crippen molar-refractivity contribution < 1.29 is 8.42 Å². The van der Waals surface area contributed by atoms with E-state index in [-0.39, 0.29) is 11.8 Å². The van der Waals surface area contributed by atoms with Crippen molar-refractivity contribution in [2.75, 3.05) is 26.4 Å². The van der Waals surface area contributed by atoms with Crippen LogP contribution >= 0.6 is 0 Å². The molecule has 0 saturated heterocycles. The Labute approximate surface area is 104 Å². The van der Waals surface area contributed by atoms with Gasteiger partial charge in [0.15, 0.2) is 0 Å². The standard InChI is InChI=1S/C12H20N2O2S/c1-11(12-7-5-4-6-8-12)14(3)17(15,16)10-9-13-2/h4-8,11,13H,9-10H2,1-3H3. The number of nitrogens with zero attached hydrogens (tertiary/aromatic N) is 1. The molecule has 5 heteroatoms. The number of nitrogens with one attached hydrogen (secondary N) is 1. The largest absolute Gasteiger partial charge is 0.319 e. The quantitative estimate of drug-likeness (QED) is 0.833. The molecule has 0 fully saturated rings. The van der Waals surface area contributed by atoms with E-state index in [1.807, 2.05) is 37.3 Å². The molecule has 1 rings (SSSR count). The van der Waals surface area contributed by atoms with Crippen LogP contribution in [0.4, 0.5) is 0 Å². The first-order valence-corrected chi connectivity index (χ1v) is 7.25. The molecule has 0 aliphatic rings. The minimum Gasteiger partial charge on any atom is -0.319 e. The first-order valence-electron chi connectivity index (χ1n) is 5.64. The summed E-state index contributed by atoms with van der Waals surface area (Å²) in [6, 6.07) is 9.49. The molecule has 0 aliphatic heterocycles. The van der Waals surface area contributed by atoms with E-state index in [9.17, 15) is 8.42 Å². The van der Waals surface area contributed by atoms with Gasteiger partial charge in [0.1, 0.15) is 0 Å². The first-order chi connectivity index (χ1) is 7.99. The van der Waals surface area contributed by atoms with E-state index in [0.29, 0.717) is 6.54 Å². The van der Waals surface area contributed by atoms with Gasteiger partial charge in [0, 0.05) is 19.6 Å². The molecular weight excluding hydrogens is 236 g/mol. The fourth-order valence-electron chi connectivity index (χ4n) is 1.56. The Kier molecular flexibility index (Phi) is 5.11. The number of hydrogen-bond donors (Lipinski definition) is 1. The van der Waals surface area contributed by atoms with Crippen LogP contribution in [0.25, 0.3) is 0 Å². The highest BCUT2D eigenvalue weighted by atomic mass is 32.2. The molecule has 4 nitrogen and oxygen atoms in total. The van der Waals surface area contributed by atoms with Crippen LogP contribution in [0.5, 0.6) is 0 Å². The molecule has 0 aliphatic carbocycles. The molecule has 1 aromatic carbocycles. The van der Waals surface area contributed by atoms with Crippen molar-refractivity contribution in [3.8, 4) is 0 Å². The molecule has 0 spiro atoms. The van der Waals surface area contributed by atoms with Gasteiger partial charge >= 0.3 is 0 Å². The smallest absolute Gasteiger partial charge is 0.215 e. The minimum absolute atomic E-state index is 0.122. The molecule has 17 heavy (non-hydrogen) atoms. The van der Waals surface area contributed by atoms with Gasteiger partial charge < -0.3 is 5.32 Å². The van der Waals surface area contributed by atoms with E-state index in [0.717, 1.165) is 5.56 Å². The second-order valence-corrected chi connectivity index (χ2v) is 6.17. The highest BCUT2D eigenvalue weighted by Gasteiger charge is 2.23. The average Bonchev–Trinajstić information content (AvgIpc) is 2.35. The molecule has 0 aromatic heterocycles. The van der Waals surface area contributed by atoms with Gasteiger partial charge in [-0.25, -0.2) is 8.42 Å². The minimum atomic E-state index is -3.20. The zero-order valence-corrected chi connectivity index (χ0v) is 11.4. The lowest BCUT2D eigenvalue weighted by molar-refractivity contribution is 0.398. The van der Waals surface area contributed by atoms with Crippen LogP contribution in [-0.4, -0.2) is 39.1 Å². The molecule has 0 bridgehead atoms. The van der Waals surface area contributed by atoms with Crippen molar-refractivity contribution in [1.82, 2.24) is 9.62 Å². The maximum atomic E-state index is 12.0. The molecule has 0 amide bonds. The number of hydrogen-bond acceptors (Lipinski definition) is 3. The second kappa shape index (κ2) is 6.14. The summed E-state index contributed by atoms with van der Waals surface area (Å²) in [6.45, 7) is 2.36. The predicted molar refractivity (Wildman–Crippen MR) is 70.3 cm³/mol. The van der Waals surface area contributed by atoms with E-state index in [1.54, 1.807) is 14.1 Å². The van der Waals surface area contributed by atoms with E-state index < -0.39 is 10.0 Å².